The Morgan fingerprint density at radius 1 is 1.58 bits per heavy atom. The zero-order valence-electron chi connectivity index (χ0n) is 6.14. The van der Waals surface area contributed by atoms with E-state index in [1.807, 2.05) is 0 Å². The summed E-state index contributed by atoms with van der Waals surface area (Å²) in [5.41, 5.74) is 5.54. The average molecular weight is 168 g/mol. The van der Waals surface area contributed by atoms with Crippen molar-refractivity contribution in [2.24, 2.45) is 5.73 Å². The van der Waals surface area contributed by atoms with Crippen LogP contribution in [0.5, 0.6) is 5.75 Å². The Bertz CT molecular complexity index is 300. The van der Waals surface area contributed by atoms with Gasteiger partial charge in [0.05, 0.1) is 6.20 Å². The first kappa shape index (κ1) is 8.48. The van der Waals surface area contributed by atoms with E-state index in [1.54, 1.807) is 0 Å². The van der Waals surface area contributed by atoms with Crippen LogP contribution in [0.15, 0.2) is 18.5 Å². The van der Waals surface area contributed by atoms with E-state index in [9.17, 15) is 4.79 Å². The molecular formula is C7H8N2O3. The molecule has 1 atom stereocenters. The van der Waals surface area contributed by atoms with Crippen molar-refractivity contribution in [3.05, 3.63) is 24.0 Å². The summed E-state index contributed by atoms with van der Waals surface area (Å²) in [6.07, 6.45) is 2.51. The third kappa shape index (κ3) is 1.70. The number of rotatable bonds is 2. The molecule has 0 spiro atoms. The van der Waals surface area contributed by atoms with Gasteiger partial charge >= 0.3 is 5.97 Å². The van der Waals surface area contributed by atoms with Gasteiger partial charge in [-0.2, -0.15) is 0 Å². The number of nitrogens with two attached hydrogens (primary N) is 1. The summed E-state index contributed by atoms with van der Waals surface area (Å²) in [6, 6.07) is 0.135. The first-order valence-electron chi connectivity index (χ1n) is 3.23. The van der Waals surface area contributed by atoms with E-state index in [0.29, 0.717) is 0 Å². The molecule has 0 aliphatic rings. The van der Waals surface area contributed by atoms with Crippen LogP contribution in [0.2, 0.25) is 0 Å². The number of carboxylic acid groups (broad SMARTS) is 1. The lowest BCUT2D eigenvalue weighted by molar-refractivity contribution is -0.138. The number of aliphatic carboxylic acids is 1. The van der Waals surface area contributed by atoms with E-state index in [-0.39, 0.29) is 11.3 Å². The number of carbonyl (C=O) groups is 1. The standard InChI is InChI=1S/C7H8N2O3/c8-6(7(11)12)4-1-5(10)3-9-2-4/h1-3,6,10H,8H2,(H,11,12)/t6-/m0/s1. The van der Waals surface area contributed by atoms with Crippen LogP contribution in [0.25, 0.3) is 0 Å². The monoisotopic (exact) mass is 168 g/mol. The Morgan fingerprint density at radius 2 is 2.25 bits per heavy atom. The molecule has 0 saturated carbocycles. The lowest BCUT2D eigenvalue weighted by Crippen LogP contribution is -2.20. The first-order valence-corrected chi connectivity index (χ1v) is 3.23. The third-order valence-electron chi connectivity index (χ3n) is 1.37. The van der Waals surface area contributed by atoms with Crippen LogP contribution < -0.4 is 5.73 Å². The SMILES string of the molecule is N[C@H](C(=O)O)c1cncc(O)c1. The average Bonchev–Trinajstić information content (AvgIpc) is 2.03. The van der Waals surface area contributed by atoms with Gasteiger partial charge in [-0.1, -0.05) is 0 Å². The number of hydrogen-bond donors (Lipinski definition) is 3. The van der Waals surface area contributed by atoms with E-state index >= 15 is 0 Å². The van der Waals surface area contributed by atoms with Crippen molar-refractivity contribution >= 4 is 5.97 Å². The highest BCUT2D eigenvalue weighted by atomic mass is 16.4. The minimum absolute atomic E-state index is 0.0933. The fourth-order valence-electron chi connectivity index (χ4n) is 0.758. The van der Waals surface area contributed by atoms with Gasteiger partial charge in [0.25, 0.3) is 0 Å². The van der Waals surface area contributed by atoms with Crippen LogP contribution in [0.4, 0.5) is 0 Å². The Hall–Kier alpha value is -1.62. The molecule has 0 fully saturated rings. The molecule has 0 bridgehead atoms. The van der Waals surface area contributed by atoms with Crippen molar-refractivity contribution in [3.63, 3.8) is 0 Å². The van der Waals surface area contributed by atoms with E-state index in [2.05, 4.69) is 4.98 Å². The van der Waals surface area contributed by atoms with Gasteiger partial charge in [-0.15, -0.1) is 0 Å². The molecule has 0 aliphatic carbocycles. The molecule has 1 heterocycles. The van der Waals surface area contributed by atoms with E-state index < -0.39 is 12.0 Å². The fourth-order valence-corrected chi connectivity index (χ4v) is 0.758. The van der Waals surface area contributed by atoms with Gasteiger partial charge in [-0.25, -0.2) is 0 Å². The van der Waals surface area contributed by atoms with Crippen LogP contribution in [-0.2, 0) is 4.79 Å². The normalized spacial score (nSPS) is 12.4. The maximum Gasteiger partial charge on any atom is 0.325 e. The number of nitrogens with zero attached hydrogens (tertiary/aromatic N) is 1. The Balaban J connectivity index is 2.95. The number of carboxylic acids is 1. The van der Waals surface area contributed by atoms with Gasteiger partial charge in [-0.3, -0.25) is 9.78 Å². The van der Waals surface area contributed by atoms with Crippen LogP contribution in [0.1, 0.15) is 11.6 Å². The maximum absolute atomic E-state index is 10.4. The largest absolute Gasteiger partial charge is 0.506 e. The van der Waals surface area contributed by atoms with Gasteiger partial charge in [0.2, 0.25) is 0 Å². The maximum atomic E-state index is 10.4. The second-order valence-corrected chi connectivity index (χ2v) is 2.29. The molecule has 0 saturated heterocycles. The summed E-state index contributed by atoms with van der Waals surface area (Å²) in [5.74, 6) is -1.24. The van der Waals surface area contributed by atoms with Gasteiger partial charge in [0.15, 0.2) is 0 Å². The zero-order valence-corrected chi connectivity index (χ0v) is 6.14. The highest BCUT2D eigenvalue weighted by molar-refractivity contribution is 5.75. The van der Waals surface area contributed by atoms with Crippen LogP contribution in [0, 0.1) is 0 Å². The molecule has 0 amide bonds. The van der Waals surface area contributed by atoms with Gasteiger partial charge in [-0.05, 0) is 6.07 Å². The van der Waals surface area contributed by atoms with Crippen molar-refractivity contribution in [3.8, 4) is 5.75 Å². The first-order chi connectivity index (χ1) is 5.61. The van der Waals surface area contributed by atoms with Crippen LogP contribution in [-0.4, -0.2) is 21.2 Å². The van der Waals surface area contributed by atoms with Crippen molar-refractivity contribution in [2.75, 3.05) is 0 Å². The minimum atomic E-state index is -1.15. The summed E-state index contributed by atoms with van der Waals surface area (Å²) in [6.45, 7) is 0. The van der Waals surface area contributed by atoms with Crippen molar-refractivity contribution < 1.29 is 15.0 Å². The van der Waals surface area contributed by atoms with Crippen molar-refractivity contribution in [1.29, 1.82) is 0 Å². The number of pyridine rings is 1. The zero-order chi connectivity index (χ0) is 9.14. The smallest absolute Gasteiger partial charge is 0.325 e. The Labute approximate surface area is 68.5 Å². The second-order valence-electron chi connectivity index (χ2n) is 2.29. The van der Waals surface area contributed by atoms with E-state index in [1.165, 1.54) is 18.5 Å². The second kappa shape index (κ2) is 3.19. The van der Waals surface area contributed by atoms with Gasteiger partial charge < -0.3 is 15.9 Å². The van der Waals surface area contributed by atoms with Crippen LogP contribution >= 0.6 is 0 Å². The summed E-state index contributed by atoms with van der Waals surface area (Å²) < 4.78 is 0. The van der Waals surface area contributed by atoms with Crippen molar-refractivity contribution in [1.82, 2.24) is 4.98 Å². The molecule has 4 N–H and O–H groups in total. The molecule has 64 valence electrons. The topological polar surface area (TPSA) is 96.4 Å². The van der Waals surface area contributed by atoms with Gasteiger partial charge in [0, 0.05) is 11.8 Å². The lowest BCUT2D eigenvalue weighted by Gasteiger charge is -2.05. The molecule has 0 unspecified atom stereocenters. The number of aromatic hydroxyl groups is 1. The summed E-state index contributed by atoms with van der Waals surface area (Å²) in [7, 11) is 0. The van der Waals surface area contributed by atoms with E-state index in [0.717, 1.165) is 0 Å². The van der Waals surface area contributed by atoms with Crippen molar-refractivity contribution in [2.45, 2.75) is 6.04 Å². The molecule has 5 nitrogen and oxygen atoms in total. The fraction of sp³-hybridized carbons (Fsp3) is 0.143. The minimum Gasteiger partial charge on any atom is -0.506 e. The summed E-state index contributed by atoms with van der Waals surface area (Å²) in [4.78, 5) is 14.0. The molecule has 0 aromatic carbocycles. The molecule has 1 rings (SSSR count). The third-order valence-corrected chi connectivity index (χ3v) is 1.37. The predicted molar refractivity (Wildman–Crippen MR) is 40.5 cm³/mol. The molecule has 1 aromatic heterocycles. The number of hydrogen-bond acceptors (Lipinski definition) is 4. The Morgan fingerprint density at radius 3 is 2.75 bits per heavy atom. The number of aromatic nitrogens is 1. The molecular weight excluding hydrogens is 160 g/mol. The highest BCUT2D eigenvalue weighted by Crippen LogP contribution is 2.14. The summed E-state index contributed by atoms with van der Waals surface area (Å²) in [5, 5.41) is 17.4. The highest BCUT2D eigenvalue weighted by Gasteiger charge is 2.14. The van der Waals surface area contributed by atoms with Gasteiger partial charge in [0.1, 0.15) is 11.8 Å². The van der Waals surface area contributed by atoms with E-state index in [4.69, 9.17) is 15.9 Å². The molecule has 12 heavy (non-hydrogen) atoms. The van der Waals surface area contributed by atoms with Crippen LogP contribution in [0.3, 0.4) is 0 Å². The Kier molecular flexibility index (Phi) is 2.25. The quantitative estimate of drug-likeness (QED) is 0.571. The molecule has 5 heteroatoms. The molecule has 1 aromatic rings. The summed E-state index contributed by atoms with van der Waals surface area (Å²) >= 11 is 0. The molecule has 0 aliphatic heterocycles. The lowest BCUT2D eigenvalue weighted by atomic mass is 10.1. The predicted octanol–water partition coefficient (Wildman–Crippen LogP) is -0.128. The molecule has 0 radical (unpaired) electrons.